The highest BCUT2D eigenvalue weighted by Crippen LogP contribution is 2.38. The van der Waals surface area contributed by atoms with Gasteiger partial charge in [0.15, 0.2) is 0 Å². The molecular weight excluding hydrogens is 330 g/mol. The van der Waals surface area contributed by atoms with E-state index >= 15 is 0 Å². The fourth-order valence-corrected chi connectivity index (χ4v) is 4.33. The summed E-state index contributed by atoms with van der Waals surface area (Å²) in [5.41, 5.74) is 3.34. The number of amides is 1. The fraction of sp³-hybridized carbons (Fsp3) is 0.190. The Hall–Kier alpha value is -2.46. The summed E-state index contributed by atoms with van der Waals surface area (Å²) in [5.74, 6) is 0.913. The van der Waals surface area contributed by atoms with E-state index in [0.29, 0.717) is 6.54 Å². The lowest BCUT2D eigenvalue weighted by molar-refractivity contribution is -0.118. The average Bonchev–Trinajstić information content (AvgIpc) is 3.29. The van der Waals surface area contributed by atoms with E-state index in [1.807, 2.05) is 60.4 Å². The molecule has 25 heavy (non-hydrogen) atoms. The molecule has 3 nitrogen and oxygen atoms in total. The van der Waals surface area contributed by atoms with Crippen LogP contribution in [0.2, 0.25) is 0 Å². The van der Waals surface area contributed by atoms with Crippen molar-refractivity contribution in [3.8, 4) is 0 Å². The van der Waals surface area contributed by atoms with Crippen molar-refractivity contribution in [3.63, 3.8) is 0 Å². The summed E-state index contributed by atoms with van der Waals surface area (Å²) in [4.78, 5) is 16.3. The molecule has 3 aromatic rings. The summed E-state index contributed by atoms with van der Waals surface area (Å²) in [6, 6.07) is 20.1. The van der Waals surface area contributed by atoms with Gasteiger partial charge in [0.1, 0.15) is 5.76 Å². The van der Waals surface area contributed by atoms with Gasteiger partial charge in [-0.25, -0.2) is 0 Å². The van der Waals surface area contributed by atoms with Crippen LogP contribution in [-0.2, 0) is 17.8 Å². The minimum Gasteiger partial charge on any atom is -0.467 e. The molecular formula is C21H19NO2S. The van der Waals surface area contributed by atoms with Crippen molar-refractivity contribution in [2.24, 2.45) is 0 Å². The lowest BCUT2D eigenvalue weighted by atomic mass is 10.1. The first-order valence-electron chi connectivity index (χ1n) is 8.36. The van der Waals surface area contributed by atoms with Crippen LogP contribution >= 0.6 is 11.8 Å². The van der Waals surface area contributed by atoms with Gasteiger partial charge in [-0.3, -0.25) is 4.79 Å². The number of aryl methyl sites for hydroxylation is 1. The van der Waals surface area contributed by atoms with Crippen LogP contribution in [0.25, 0.3) is 0 Å². The second-order valence-corrected chi connectivity index (χ2v) is 7.50. The maximum absolute atomic E-state index is 13.3. The molecule has 0 N–H and O–H groups in total. The molecule has 126 valence electrons. The van der Waals surface area contributed by atoms with Gasteiger partial charge in [-0.1, -0.05) is 35.9 Å². The molecule has 4 rings (SSSR count). The van der Waals surface area contributed by atoms with E-state index in [1.165, 1.54) is 16.0 Å². The second-order valence-electron chi connectivity index (χ2n) is 6.26. The van der Waals surface area contributed by atoms with Gasteiger partial charge in [-0.05, 0) is 49.2 Å². The molecule has 1 aliphatic rings. The Labute approximate surface area is 151 Å². The number of carbonyl (C=O) groups excluding carboxylic acids is 1. The molecule has 2 aromatic carbocycles. The molecule has 0 bridgehead atoms. The number of rotatable bonds is 4. The number of fused-ring (bicyclic) bond motifs is 1. The number of anilines is 1. The highest BCUT2D eigenvalue weighted by atomic mass is 32.2. The molecule has 0 radical (unpaired) electrons. The van der Waals surface area contributed by atoms with Crippen molar-refractivity contribution in [1.82, 2.24) is 0 Å². The first-order chi connectivity index (χ1) is 12.2. The molecule has 0 aliphatic carbocycles. The Balaban J connectivity index is 1.61. The normalized spacial score (nSPS) is 15.8. The Morgan fingerprint density at radius 2 is 1.92 bits per heavy atom. The van der Waals surface area contributed by atoms with Crippen molar-refractivity contribution >= 4 is 23.4 Å². The Bertz CT molecular complexity index is 846. The van der Waals surface area contributed by atoms with Gasteiger partial charge in [0.2, 0.25) is 5.91 Å². The summed E-state index contributed by atoms with van der Waals surface area (Å²) in [6.07, 6.45) is 2.42. The van der Waals surface area contributed by atoms with Gasteiger partial charge >= 0.3 is 0 Å². The largest absolute Gasteiger partial charge is 0.467 e. The number of carbonyl (C=O) groups is 1. The van der Waals surface area contributed by atoms with E-state index in [-0.39, 0.29) is 11.2 Å². The van der Waals surface area contributed by atoms with Crippen LogP contribution in [0.1, 0.15) is 16.9 Å². The third kappa shape index (κ3) is 3.35. The number of hydrogen-bond donors (Lipinski definition) is 0. The Morgan fingerprint density at radius 1 is 1.12 bits per heavy atom. The Morgan fingerprint density at radius 3 is 2.64 bits per heavy atom. The molecule has 0 saturated heterocycles. The lowest BCUT2D eigenvalue weighted by Crippen LogP contribution is -2.37. The number of nitrogens with zero attached hydrogens (tertiary/aromatic N) is 1. The number of benzene rings is 2. The quantitative estimate of drug-likeness (QED) is 0.676. The number of thioether (sulfide) groups is 1. The molecule has 1 amide bonds. The maximum Gasteiger partial charge on any atom is 0.241 e. The number of furan rings is 1. The standard InChI is InChI=1S/C21H19NO2S/c1-15-8-10-17(11-9-15)22(14-18-6-4-12-24-18)21(23)20-13-16-5-2-3-7-19(16)25-20/h2-12,20H,13-14H2,1H3. The topological polar surface area (TPSA) is 33.5 Å². The van der Waals surface area contributed by atoms with Crippen molar-refractivity contribution in [1.29, 1.82) is 0 Å². The zero-order chi connectivity index (χ0) is 17.2. The zero-order valence-corrected chi connectivity index (χ0v) is 14.8. The van der Waals surface area contributed by atoms with E-state index in [1.54, 1.807) is 18.0 Å². The number of hydrogen-bond acceptors (Lipinski definition) is 3. The van der Waals surface area contributed by atoms with Gasteiger partial charge < -0.3 is 9.32 Å². The van der Waals surface area contributed by atoms with Gasteiger partial charge in [0.05, 0.1) is 18.1 Å². The lowest BCUT2D eigenvalue weighted by Gasteiger charge is -2.24. The summed E-state index contributed by atoms with van der Waals surface area (Å²) < 4.78 is 5.48. The average molecular weight is 349 g/mol. The second kappa shape index (κ2) is 6.81. The molecule has 1 atom stereocenters. The Kier molecular flexibility index (Phi) is 4.36. The van der Waals surface area contributed by atoms with E-state index in [4.69, 9.17) is 4.42 Å². The first kappa shape index (κ1) is 16.0. The highest BCUT2D eigenvalue weighted by molar-refractivity contribution is 8.01. The van der Waals surface area contributed by atoms with Crippen LogP contribution in [0.4, 0.5) is 5.69 Å². The third-order valence-corrected chi connectivity index (χ3v) is 5.73. The minimum absolute atomic E-state index is 0.0892. The maximum atomic E-state index is 13.3. The van der Waals surface area contributed by atoms with E-state index in [2.05, 4.69) is 12.1 Å². The van der Waals surface area contributed by atoms with E-state index in [0.717, 1.165) is 17.9 Å². The SMILES string of the molecule is Cc1ccc(N(Cc2ccco2)C(=O)C2Cc3ccccc3S2)cc1. The van der Waals surface area contributed by atoms with Gasteiger partial charge in [0, 0.05) is 10.6 Å². The molecule has 2 heterocycles. The summed E-state index contributed by atoms with van der Waals surface area (Å²) in [6.45, 7) is 2.49. The van der Waals surface area contributed by atoms with Crippen LogP contribution in [-0.4, -0.2) is 11.2 Å². The molecule has 1 aliphatic heterocycles. The van der Waals surface area contributed by atoms with Crippen LogP contribution in [0.5, 0.6) is 0 Å². The van der Waals surface area contributed by atoms with Gasteiger partial charge in [-0.2, -0.15) is 0 Å². The molecule has 0 saturated carbocycles. The summed E-state index contributed by atoms with van der Waals surface area (Å²) in [5, 5.41) is -0.0892. The van der Waals surface area contributed by atoms with Crippen molar-refractivity contribution in [2.45, 2.75) is 30.0 Å². The minimum atomic E-state index is -0.0892. The van der Waals surface area contributed by atoms with Crippen molar-refractivity contribution < 1.29 is 9.21 Å². The van der Waals surface area contributed by atoms with Crippen molar-refractivity contribution in [2.75, 3.05) is 4.90 Å². The molecule has 0 spiro atoms. The van der Waals surface area contributed by atoms with Crippen LogP contribution in [0.3, 0.4) is 0 Å². The predicted octanol–water partition coefficient (Wildman–Crippen LogP) is 4.84. The van der Waals surface area contributed by atoms with Gasteiger partial charge in [-0.15, -0.1) is 11.8 Å². The van der Waals surface area contributed by atoms with E-state index < -0.39 is 0 Å². The third-order valence-electron chi connectivity index (χ3n) is 4.43. The zero-order valence-electron chi connectivity index (χ0n) is 14.0. The predicted molar refractivity (Wildman–Crippen MR) is 101 cm³/mol. The summed E-state index contributed by atoms with van der Waals surface area (Å²) >= 11 is 1.66. The summed E-state index contributed by atoms with van der Waals surface area (Å²) in [7, 11) is 0. The smallest absolute Gasteiger partial charge is 0.241 e. The van der Waals surface area contributed by atoms with Crippen LogP contribution in [0, 0.1) is 6.92 Å². The first-order valence-corrected chi connectivity index (χ1v) is 9.23. The molecule has 1 aromatic heterocycles. The van der Waals surface area contributed by atoms with Crippen LogP contribution in [0.15, 0.2) is 76.2 Å². The van der Waals surface area contributed by atoms with Crippen LogP contribution < -0.4 is 4.90 Å². The van der Waals surface area contributed by atoms with E-state index in [9.17, 15) is 4.79 Å². The highest BCUT2D eigenvalue weighted by Gasteiger charge is 2.32. The monoisotopic (exact) mass is 349 g/mol. The molecule has 4 heteroatoms. The molecule has 1 unspecified atom stereocenters. The van der Waals surface area contributed by atoms with Crippen molar-refractivity contribution in [3.05, 3.63) is 83.8 Å². The fourth-order valence-electron chi connectivity index (χ4n) is 3.07. The van der Waals surface area contributed by atoms with Gasteiger partial charge in [0.25, 0.3) is 0 Å². The molecule has 0 fully saturated rings.